The Labute approximate surface area is 162 Å². The van der Waals surface area contributed by atoms with Gasteiger partial charge in [0.25, 0.3) is 5.91 Å². The van der Waals surface area contributed by atoms with Crippen molar-refractivity contribution in [2.75, 3.05) is 38.5 Å². The van der Waals surface area contributed by atoms with Crippen molar-refractivity contribution in [2.24, 2.45) is 0 Å². The number of alkyl halides is 3. The van der Waals surface area contributed by atoms with Gasteiger partial charge in [-0.2, -0.15) is 13.2 Å². The highest BCUT2D eigenvalue weighted by Gasteiger charge is 2.37. The first-order valence-corrected chi connectivity index (χ1v) is 9.22. The van der Waals surface area contributed by atoms with Gasteiger partial charge >= 0.3 is 6.18 Å². The maximum atomic E-state index is 13.9. The van der Waals surface area contributed by atoms with Crippen LogP contribution in [0.4, 0.5) is 18.9 Å². The summed E-state index contributed by atoms with van der Waals surface area (Å²) in [5, 5.41) is 2.45. The van der Waals surface area contributed by atoms with E-state index in [1.54, 1.807) is 30.3 Å². The highest BCUT2D eigenvalue weighted by Crippen LogP contribution is 2.38. The smallest absolute Gasteiger partial charge is 0.321 e. The minimum atomic E-state index is -4.56. The summed E-state index contributed by atoms with van der Waals surface area (Å²) in [6, 6.07) is 11.1. The maximum Gasteiger partial charge on any atom is 0.418 e. The number of piperazine rings is 1. The predicted octanol–water partition coefficient (Wildman–Crippen LogP) is 4.01. The van der Waals surface area contributed by atoms with Gasteiger partial charge in [-0.1, -0.05) is 29.8 Å². The van der Waals surface area contributed by atoms with Crippen LogP contribution in [0.5, 0.6) is 0 Å². The van der Waals surface area contributed by atoms with Crippen molar-refractivity contribution in [2.45, 2.75) is 19.6 Å². The van der Waals surface area contributed by atoms with E-state index in [4.69, 9.17) is 0 Å². The van der Waals surface area contributed by atoms with Gasteiger partial charge in [-0.05, 0) is 37.7 Å². The molecule has 0 bridgehead atoms. The molecule has 0 atom stereocenters. The van der Waals surface area contributed by atoms with Gasteiger partial charge < -0.3 is 10.2 Å². The van der Waals surface area contributed by atoms with E-state index in [2.05, 4.69) is 10.2 Å². The SMILES string of the molecule is Cc1ccc(C(=O)Nc2cccc(CN3CCN(C)CC3)c2C(F)(F)F)cc1. The molecule has 4 nitrogen and oxygen atoms in total. The number of carbonyl (C=O) groups is 1. The van der Waals surface area contributed by atoms with Crippen LogP contribution in [0.1, 0.15) is 27.0 Å². The number of rotatable bonds is 4. The van der Waals surface area contributed by atoms with Gasteiger partial charge in [0.2, 0.25) is 0 Å². The van der Waals surface area contributed by atoms with Crippen LogP contribution >= 0.6 is 0 Å². The molecule has 150 valence electrons. The van der Waals surface area contributed by atoms with Crippen LogP contribution in [0.25, 0.3) is 0 Å². The Morgan fingerprint density at radius 3 is 2.29 bits per heavy atom. The zero-order valence-electron chi connectivity index (χ0n) is 16.0. The number of aryl methyl sites for hydroxylation is 1. The third kappa shape index (κ3) is 4.91. The minimum absolute atomic E-state index is 0.179. The second kappa shape index (κ2) is 8.32. The van der Waals surface area contributed by atoms with Crippen LogP contribution in [0.2, 0.25) is 0 Å². The van der Waals surface area contributed by atoms with Crippen LogP contribution in [0, 0.1) is 6.92 Å². The number of anilines is 1. The number of nitrogens with one attached hydrogen (secondary N) is 1. The van der Waals surface area contributed by atoms with Crippen LogP contribution in [-0.2, 0) is 12.7 Å². The lowest BCUT2D eigenvalue weighted by atomic mass is 10.0. The highest BCUT2D eigenvalue weighted by molar-refractivity contribution is 6.04. The Balaban J connectivity index is 1.86. The number of likely N-dealkylation sites (N-methyl/N-ethyl adjacent to an activating group) is 1. The number of nitrogens with zero attached hydrogens (tertiary/aromatic N) is 2. The normalized spacial score (nSPS) is 16.2. The Hall–Kier alpha value is -2.38. The average Bonchev–Trinajstić information content (AvgIpc) is 2.63. The lowest BCUT2D eigenvalue weighted by Crippen LogP contribution is -2.44. The van der Waals surface area contributed by atoms with Crippen molar-refractivity contribution >= 4 is 11.6 Å². The summed E-state index contributed by atoms with van der Waals surface area (Å²) in [4.78, 5) is 16.6. The van der Waals surface area contributed by atoms with E-state index in [-0.39, 0.29) is 17.8 Å². The summed E-state index contributed by atoms with van der Waals surface area (Å²) >= 11 is 0. The lowest BCUT2D eigenvalue weighted by Gasteiger charge is -2.33. The molecular formula is C21H24F3N3O. The highest BCUT2D eigenvalue weighted by atomic mass is 19.4. The average molecular weight is 391 g/mol. The Kier molecular flexibility index (Phi) is 6.05. The zero-order chi connectivity index (χ0) is 20.3. The molecule has 0 aliphatic carbocycles. The van der Waals surface area contributed by atoms with E-state index < -0.39 is 17.6 Å². The molecule has 1 amide bonds. The fourth-order valence-electron chi connectivity index (χ4n) is 3.32. The second-order valence-corrected chi connectivity index (χ2v) is 7.24. The van der Waals surface area contributed by atoms with E-state index in [0.717, 1.165) is 18.7 Å². The fourth-order valence-corrected chi connectivity index (χ4v) is 3.32. The molecular weight excluding hydrogens is 367 g/mol. The first-order chi connectivity index (χ1) is 13.2. The van der Waals surface area contributed by atoms with E-state index in [0.29, 0.717) is 18.7 Å². The molecule has 0 radical (unpaired) electrons. The van der Waals surface area contributed by atoms with Gasteiger partial charge in [-0.3, -0.25) is 9.69 Å². The van der Waals surface area contributed by atoms with Gasteiger partial charge in [0, 0.05) is 38.3 Å². The third-order valence-electron chi connectivity index (χ3n) is 4.99. The Morgan fingerprint density at radius 1 is 1.04 bits per heavy atom. The van der Waals surface area contributed by atoms with Gasteiger partial charge in [0.1, 0.15) is 0 Å². The van der Waals surface area contributed by atoms with Crippen LogP contribution in [-0.4, -0.2) is 48.9 Å². The van der Waals surface area contributed by atoms with Crippen LogP contribution in [0.15, 0.2) is 42.5 Å². The molecule has 0 spiro atoms. The van der Waals surface area contributed by atoms with Crippen LogP contribution < -0.4 is 5.32 Å². The number of carbonyl (C=O) groups excluding carboxylic acids is 1. The van der Waals surface area contributed by atoms with Gasteiger partial charge in [0.15, 0.2) is 0 Å². The van der Waals surface area contributed by atoms with Crippen molar-refractivity contribution in [1.29, 1.82) is 0 Å². The van der Waals surface area contributed by atoms with Crippen molar-refractivity contribution in [3.05, 3.63) is 64.7 Å². The molecule has 2 aromatic carbocycles. The van der Waals surface area contributed by atoms with E-state index >= 15 is 0 Å². The second-order valence-electron chi connectivity index (χ2n) is 7.24. The van der Waals surface area contributed by atoms with Crippen LogP contribution in [0.3, 0.4) is 0 Å². The molecule has 2 aromatic rings. The standard InChI is InChI=1S/C21H24F3N3O/c1-15-6-8-16(9-7-15)20(28)25-18-5-3-4-17(19(18)21(22,23)24)14-27-12-10-26(2)11-13-27/h3-9H,10-14H2,1-2H3,(H,25,28). The molecule has 7 heteroatoms. The first-order valence-electron chi connectivity index (χ1n) is 9.22. The summed E-state index contributed by atoms with van der Waals surface area (Å²) in [6.45, 7) is 5.17. The van der Waals surface area contributed by atoms with Crippen molar-refractivity contribution in [3.8, 4) is 0 Å². The monoisotopic (exact) mass is 391 g/mol. The quantitative estimate of drug-likeness (QED) is 0.855. The largest absolute Gasteiger partial charge is 0.418 e. The van der Waals surface area contributed by atoms with Gasteiger partial charge in [-0.25, -0.2) is 0 Å². The summed E-state index contributed by atoms with van der Waals surface area (Å²) in [5.74, 6) is -0.553. The molecule has 1 fully saturated rings. The predicted molar refractivity (Wildman–Crippen MR) is 103 cm³/mol. The molecule has 3 rings (SSSR count). The van der Waals surface area contributed by atoms with Crippen molar-refractivity contribution in [1.82, 2.24) is 9.80 Å². The lowest BCUT2D eigenvalue weighted by molar-refractivity contribution is -0.137. The maximum absolute atomic E-state index is 13.9. The number of amides is 1. The molecule has 0 unspecified atom stereocenters. The Morgan fingerprint density at radius 2 is 1.68 bits per heavy atom. The summed E-state index contributed by atoms with van der Waals surface area (Å²) in [5.41, 5.74) is 0.503. The zero-order valence-corrected chi connectivity index (χ0v) is 16.0. The first kappa shape index (κ1) is 20.4. The fraction of sp³-hybridized carbons (Fsp3) is 0.381. The third-order valence-corrected chi connectivity index (χ3v) is 4.99. The number of hydrogen-bond acceptors (Lipinski definition) is 3. The molecule has 28 heavy (non-hydrogen) atoms. The molecule has 0 saturated carbocycles. The van der Waals surface area contributed by atoms with E-state index in [1.165, 1.54) is 12.1 Å². The number of benzene rings is 2. The number of halogens is 3. The number of hydrogen-bond donors (Lipinski definition) is 1. The minimum Gasteiger partial charge on any atom is -0.321 e. The van der Waals surface area contributed by atoms with Gasteiger partial charge in [0.05, 0.1) is 11.3 Å². The van der Waals surface area contributed by atoms with Gasteiger partial charge in [-0.15, -0.1) is 0 Å². The summed E-state index contributed by atoms with van der Waals surface area (Å²) in [6.07, 6.45) is -4.56. The van der Waals surface area contributed by atoms with Crippen molar-refractivity contribution < 1.29 is 18.0 Å². The molecule has 1 aliphatic rings. The van der Waals surface area contributed by atoms with E-state index in [9.17, 15) is 18.0 Å². The van der Waals surface area contributed by atoms with E-state index in [1.807, 2.05) is 18.9 Å². The summed E-state index contributed by atoms with van der Waals surface area (Å²) < 4.78 is 41.6. The molecule has 1 N–H and O–H groups in total. The molecule has 1 heterocycles. The molecule has 0 aromatic heterocycles. The molecule has 1 aliphatic heterocycles. The Bertz CT molecular complexity index is 826. The molecule has 1 saturated heterocycles. The van der Waals surface area contributed by atoms with Crippen molar-refractivity contribution in [3.63, 3.8) is 0 Å². The topological polar surface area (TPSA) is 35.6 Å². The summed E-state index contributed by atoms with van der Waals surface area (Å²) in [7, 11) is 2.00.